The molecule has 10 rings (SSSR count). The third-order valence-electron chi connectivity index (χ3n) is 10.5. The summed E-state index contributed by atoms with van der Waals surface area (Å²) in [6.07, 6.45) is 0. The van der Waals surface area contributed by atoms with Gasteiger partial charge in [-0.2, -0.15) is 0 Å². The number of hydrogen-bond donors (Lipinski definition) is 0. The zero-order chi connectivity index (χ0) is 35.8. The van der Waals surface area contributed by atoms with Gasteiger partial charge in [-0.15, -0.1) is 0 Å². The summed E-state index contributed by atoms with van der Waals surface area (Å²) in [5, 5.41) is 4.69. The van der Waals surface area contributed by atoms with Crippen molar-refractivity contribution in [1.82, 2.24) is 0 Å². The van der Waals surface area contributed by atoms with Crippen LogP contribution in [0.3, 0.4) is 0 Å². The molecule has 1 aromatic heterocycles. The van der Waals surface area contributed by atoms with Gasteiger partial charge in [-0.1, -0.05) is 158 Å². The van der Waals surface area contributed by atoms with E-state index in [1.165, 1.54) is 49.7 Å². The first kappa shape index (κ1) is 31.6. The maximum absolute atomic E-state index is 6.12. The predicted molar refractivity (Wildman–Crippen MR) is 228 cm³/mol. The second-order valence-electron chi connectivity index (χ2n) is 13.8. The Kier molecular flexibility index (Phi) is 7.85. The Labute approximate surface area is 314 Å². The molecule has 0 amide bonds. The summed E-state index contributed by atoms with van der Waals surface area (Å²) in [5.74, 6) is 0. The average Bonchev–Trinajstić information content (AvgIpc) is 3.63. The fourth-order valence-corrected chi connectivity index (χ4v) is 7.73. The Hall–Kier alpha value is -7.16. The number of nitrogens with zero attached hydrogens (tertiary/aromatic N) is 1. The summed E-state index contributed by atoms with van der Waals surface area (Å²) >= 11 is 0. The van der Waals surface area contributed by atoms with E-state index >= 15 is 0 Å². The monoisotopic (exact) mass is 689 g/mol. The van der Waals surface area contributed by atoms with Crippen LogP contribution in [0.1, 0.15) is 0 Å². The van der Waals surface area contributed by atoms with Crippen LogP contribution in [0, 0.1) is 0 Å². The Bertz CT molecular complexity index is 2920. The maximum Gasteiger partial charge on any atom is 0.135 e. The van der Waals surface area contributed by atoms with E-state index in [4.69, 9.17) is 4.42 Å². The van der Waals surface area contributed by atoms with Crippen LogP contribution in [0.15, 0.2) is 217 Å². The van der Waals surface area contributed by atoms with Crippen LogP contribution in [0.2, 0.25) is 0 Å². The molecule has 0 bridgehead atoms. The fraction of sp³-hybridized carbons (Fsp3) is 0. The molecule has 9 aromatic carbocycles. The van der Waals surface area contributed by atoms with Gasteiger partial charge in [0.25, 0.3) is 0 Å². The number of fused-ring (bicyclic) bond motifs is 4. The molecule has 0 aliphatic rings. The highest BCUT2D eigenvalue weighted by Crippen LogP contribution is 2.41. The normalized spacial score (nSPS) is 11.3. The highest BCUT2D eigenvalue weighted by atomic mass is 16.3. The fourth-order valence-electron chi connectivity index (χ4n) is 7.73. The number of para-hydroxylation sites is 1. The molecule has 254 valence electrons. The Morgan fingerprint density at radius 3 is 1.54 bits per heavy atom. The van der Waals surface area contributed by atoms with Gasteiger partial charge < -0.3 is 9.32 Å². The van der Waals surface area contributed by atoms with E-state index in [2.05, 4.69) is 205 Å². The van der Waals surface area contributed by atoms with Gasteiger partial charge in [0, 0.05) is 27.5 Å². The minimum Gasteiger partial charge on any atom is -0.456 e. The molecule has 0 spiro atoms. The smallest absolute Gasteiger partial charge is 0.135 e. The van der Waals surface area contributed by atoms with Crippen molar-refractivity contribution in [3.8, 4) is 44.5 Å². The van der Waals surface area contributed by atoms with Crippen LogP contribution in [0.5, 0.6) is 0 Å². The lowest BCUT2D eigenvalue weighted by molar-refractivity contribution is 0.669. The van der Waals surface area contributed by atoms with E-state index in [-0.39, 0.29) is 0 Å². The van der Waals surface area contributed by atoms with E-state index < -0.39 is 0 Å². The molecule has 0 fully saturated rings. The van der Waals surface area contributed by atoms with Crippen LogP contribution in [0.25, 0.3) is 77.2 Å². The standard InChI is InChI=1S/C52H35NO/c1-2-11-36(12-3-1)37-23-25-38(26-24-37)39-27-30-45(31-28-39)53(50-21-10-14-40-13-4-5-19-47(40)50)46-18-9-17-43(34-46)41-15-8-16-42(33-41)44-29-32-52-49(35-44)48-20-6-7-22-51(48)54-52/h1-35H. The quantitative estimate of drug-likeness (QED) is 0.166. The molecular weight excluding hydrogens is 655 g/mol. The molecule has 0 saturated heterocycles. The SMILES string of the molecule is c1ccc(-c2ccc(-c3ccc(N(c4cccc(-c5cccc(-c6ccc7oc8ccccc8c7c6)c5)c4)c4cccc5ccccc45)cc3)cc2)cc1. The maximum atomic E-state index is 6.12. The third kappa shape index (κ3) is 5.81. The van der Waals surface area contributed by atoms with Gasteiger partial charge in [0.05, 0.1) is 5.69 Å². The van der Waals surface area contributed by atoms with Crippen molar-refractivity contribution in [3.63, 3.8) is 0 Å². The largest absolute Gasteiger partial charge is 0.456 e. The summed E-state index contributed by atoms with van der Waals surface area (Å²) in [7, 11) is 0. The van der Waals surface area contributed by atoms with Crippen molar-refractivity contribution in [3.05, 3.63) is 212 Å². The van der Waals surface area contributed by atoms with Crippen LogP contribution in [-0.2, 0) is 0 Å². The molecule has 2 heteroatoms. The molecule has 0 aliphatic carbocycles. The summed E-state index contributed by atoms with van der Waals surface area (Å²) in [4.78, 5) is 2.38. The number of hydrogen-bond acceptors (Lipinski definition) is 2. The highest BCUT2D eigenvalue weighted by molar-refractivity contribution is 6.06. The zero-order valence-corrected chi connectivity index (χ0v) is 29.6. The molecular formula is C52H35NO. The van der Waals surface area contributed by atoms with Crippen LogP contribution < -0.4 is 4.90 Å². The van der Waals surface area contributed by atoms with Gasteiger partial charge in [0.2, 0.25) is 0 Å². The van der Waals surface area contributed by atoms with Gasteiger partial charge in [0.15, 0.2) is 0 Å². The Morgan fingerprint density at radius 2 is 0.778 bits per heavy atom. The first-order valence-corrected chi connectivity index (χ1v) is 18.4. The number of furan rings is 1. The molecule has 0 aliphatic heterocycles. The second kappa shape index (κ2) is 13.4. The molecule has 1 heterocycles. The molecule has 0 N–H and O–H groups in total. The van der Waals surface area contributed by atoms with Gasteiger partial charge in [-0.05, 0) is 104 Å². The molecule has 0 radical (unpaired) electrons. The van der Waals surface area contributed by atoms with Crippen molar-refractivity contribution in [1.29, 1.82) is 0 Å². The predicted octanol–water partition coefficient (Wildman–Crippen LogP) is 14.9. The zero-order valence-electron chi connectivity index (χ0n) is 29.6. The summed E-state index contributed by atoms with van der Waals surface area (Å²) in [6, 6.07) is 76.0. The topological polar surface area (TPSA) is 16.4 Å². The summed E-state index contributed by atoms with van der Waals surface area (Å²) < 4.78 is 6.12. The van der Waals surface area contributed by atoms with Crippen LogP contribution >= 0.6 is 0 Å². The van der Waals surface area contributed by atoms with Crippen molar-refractivity contribution in [2.75, 3.05) is 4.90 Å². The lowest BCUT2D eigenvalue weighted by atomic mass is 9.97. The van der Waals surface area contributed by atoms with Crippen molar-refractivity contribution < 1.29 is 4.42 Å². The van der Waals surface area contributed by atoms with Gasteiger partial charge in [-0.25, -0.2) is 0 Å². The first-order chi connectivity index (χ1) is 26.7. The average molecular weight is 690 g/mol. The van der Waals surface area contributed by atoms with Crippen LogP contribution in [-0.4, -0.2) is 0 Å². The van der Waals surface area contributed by atoms with E-state index in [9.17, 15) is 0 Å². The van der Waals surface area contributed by atoms with Crippen molar-refractivity contribution in [2.45, 2.75) is 0 Å². The third-order valence-corrected chi connectivity index (χ3v) is 10.5. The molecule has 0 saturated carbocycles. The van der Waals surface area contributed by atoms with E-state index in [1.54, 1.807) is 0 Å². The van der Waals surface area contributed by atoms with E-state index in [0.29, 0.717) is 0 Å². The Morgan fingerprint density at radius 1 is 0.278 bits per heavy atom. The highest BCUT2D eigenvalue weighted by Gasteiger charge is 2.17. The molecule has 54 heavy (non-hydrogen) atoms. The van der Waals surface area contributed by atoms with Gasteiger partial charge >= 0.3 is 0 Å². The first-order valence-electron chi connectivity index (χ1n) is 18.4. The van der Waals surface area contributed by atoms with E-state index in [0.717, 1.165) is 44.6 Å². The lowest BCUT2D eigenvalue weighted by Gasteiger charge is -2.27. The number of anilines is 3. The van der Waals surface area contributed by atoms with Gasteiger partial charge in [-0.3, -0.25) is 0 Å². The minimum atomic E-state index is 0.909. The number of benzene rings is 9. The molecule has 2 nitrogen and oxygen atoms in total. The summed E-state index contributed by atoms with van der Waals surface area (Å²) in [5.41, 5.74) is 14.6. The van der Waals surface area contributed by atoms with Crippen molar-refractivity contribution in [2.24, 2.45) is 0 Å². The van der Waals surface area contributed by atoms with Crippen molar-refractivity contribution >= 4 is 49.8 Å². The molecule has 0 atom stereocenters. The number of rotatable bonds is 7. The van der Waals surface area contributed by atoms with Gasteiger partial charge in [0.1, 0.15) is 11.2 Å². The van der Waals surface area contributed by atoms with Crippen LogP contribution in [0.4, 0.5) is 17.1 Å². The second-order valence-corrected chi connectivity index (χ2v) is 13.8. The molecule has 0 unspecified atom stereocenters. The lowest BCUT2D eigenvalue weighted by Crippen LogP contribution is -2.10. The summed E-state index contributed by atoms with van der Waals surface area (Å²) in [6.45, 7) is 0. The minimum absolute atomic E-state index is 0.909. The Balaban J connectivity index is 1.03. The molecule has 10 aromatic rings. The van der Waals surface area contributed by atoms with E-state index in [1.807, 2.05) is 12.1 Å².